The lowest BCUT2D eigenvalue weighted by atomic mass is 10.1. The maximum absolute atomic E-state index is 14.1. The SMILES string of the molecule is Cc1ccc(CN(C)C(=O)c2cccc(S(=O)(=O)N(C)c3ccccc3F)c2)cc1. The molecule has 0 aliphatic rings. The summed E-state index contributed by atoms with van der Waals surface area (Å²) in [6, 6.07) is 19.3. The number of nitrogens with zero attached hydrogens (tertiary/aromatic N) is 2. The zero-order valence-electron chi connectivity index (χ0n) is 17.0. The molecule has 7 heteroatoms. The Kier molecular flexibility index (Phi) is 6.22. The third-order valence-corrected chi connectivity index (χ3v) is 6.59. The normalized spacial score (nSPS) is 11.2. The van der Waals surface area contributed by atoms with E-state index in [4.69, 9.17) is 0 Å². The highest BCUT2D eigenvalue weighted by Crippen LogP contribution is 2.25. The average molecular weight is 427 g/mol. The van der Waals surface area contributed by atoms with Crippen LogP contribution in [-0.4, -0.2) is 33.3 Å². The van der Waals surface area contributed by atoms with Crippen LogP contribution in [-0.2, 0) is 16.6 Å². The van der Waals surface area contributed by atoms with Crippen molar-refractivity contribution in [3.8, 4) is 0 Å². The van der Waals surface area contributed by atoms with Gasteiger partial charge in [0.25, 0.3) is 15.9 Å². The molecule has 0 fully saturated rings. The number of amides is 1. The van der Waals surface area contributed by atoms with E-state index in [9.17, 15) is 17.6 Å². The van der Waals surface area contributed by atoms with E-state index in [1.165, 1.54) is 48.3 Å². The van der Waals surface area contributed by atoms with Crippen molar-refractivity contribution in [2.75, 3.05) is 18.4 Å². The minimum Gasteiger partial charge on any atom is -0.337 e. The zero-order chi connectivity index (χ0) is 21.9. The molecule has 0 atom stereocenters. The van der Waals surface area contributed by atoms with Crippen LogP contribution in [0, 0.1) is 12.7 Å². The Balaban J connectivity index is 1.85. The molecular formula is C23H23FN2O3S. The van der Waals surface area contributed by atoms with E-state index in [-0.39, 0.29) is 22.1 Å². The van der Waals surface area contributed by atoms with E-state index < -0.39 is 15.8 Å². The number of anilines is 1. The molecule has 0 N–H and O–H groups in total. The third-order valence-electron chi connectivity index (χ3n) is 4.82. The van der Waals surface area contributed by atoms with Gasteiger partial charge in [0.05, 0.1) is 10.6 Å². The molecule has 0 spiro atoms. The van der Waals surface area contributed by atoms with Crippen molar-refractivity contribution in [2.24, 2.45) is 0 Å². The summed E-state index contributed by atoms with van der Waals surface area (Å²) in [5.74, 6) is -0.949. The van der Waals surface area contributed by atoms with Gasteiger partial charge in [-0.05, 0) is 42.8 Å². The van der Waals surface area contributed by atoms with Crippen LogP contribution < -0.4 is 4.31 Å². The quantitative estimate of drug-likeness (QED) is 0.593. The fraction of sp³-hybridized carbons (Fsp3) is 0.174. The van der Waals surface area contributed by atoms with Gasteiger partial charge in [0.15, 0.2) is 0 Å². The maximum Gasteiger partial charge on any atom is 0.264 e. The van der Waals surface area contributed by atoms with Crippen molar-refractivity contribution in [1.29, 1.82) is 0 Å². The molecule has 3 rings (SSSR count). The number of aryl methyl sites for hydroxylation is 1. The Hall–Kier alpha value is -3.19. The number of halogens is 1. The molecule has 3 aromatic rings. The van der Waals surface area contributed by atoms with E-state index in [1.807, 2.05) is 31.2 Å². The second kappa shape index (κ2) is 8.67. The number of hydrogen-bond donors (Lipinski definition) is 0. The van der Waals surface area contributed by atoms with Crippen molar-refractivity contribution in [3.63, 3.8) is 0 Å². The molecule has 5 nitrogen and oxygen atoms in total. The van der Waals surface area contributed by atoms with E-state index in [0.29, 0.717) is 6.54 Å². The fourth-order valence-corrected chi connectivity index (χ4v) is 4.29. The second-order valence-electron chi connectivity index (χ2n) is 7.10. The molecule has 0 heterocycles. The molecule has 0 aliphatic heterocycles. The summed E-state index contributed by atoms with van der Waals surface area (Å²) < 4.78 is 40.9. The topological polar surface area (TPSA) is 57.7 Å². The van der Waals surface area contributed by atoms with Gasteiger partial charge in [-0.1, -0.05) is 48.0 Å². The molecule has 0 radical (unpaired) electrons. The Labute approximate surface area is 176 Å². The van der Waals surface area contributed by atoms with E-state index in [0.717, 1.165) is 15.4 Å². The standard InChI is InChI=1S/C23H23FN2O3S/c1-17-11-13-18(14-12-17)16-25(2)23(27)19-7-6-8-20(15-19)30(28,29)26(3)22-10-5-4-9-21(22)24/h4-15H,16H2,1-3H3. The van der Waals surface area contributed by atoms with Gasteiger partial charge in [0.2, 0.25) is 0 Å². The zero-order valence-corrected chi connectivity index (χ0v) is 17.9. The van der Waals surface area contributed by atoms with Crippen LogP contribution in [0.3, 0.4) is 0 Å². The van der Waals surface area contributed by atoms with Crippen molar-refractivity contribution >= 4 is 21.6 Å². The van der Waals surface area contributed by atoms with Gasteiger partial charge in [-0.25, -0.2) is 12.8 Å². The number of carbonyl (C=O) groups is 1. The van der Waals surface area contributed by atoms with Gasteiger partial charge in [-0.15, -0.1) is 0 Å². The van der Waals surface area contributed by atoms with Crippen LogP contribution in [0.15, 0.2) is 77.7 Å². The summed E-state index contributed by atoms with van der Waals surface area (Å²) in [6.07, 6.45) is 0. The minimum absolute atomic E-state index is 0.0641. The Morgan fingerprint density at radius 2 is 1.60 bits per heavy atom. The first-order valence-electron chi connectivity index (χ1n) is 9.34. The number of para-hydroxylation sites is 1. The number of hydrogen-bond acceptors (Lipinski definition) is 3. The smallest absolute Gasteiger partial charge is 0.264 e. The van der Waals surface area contributed by atoms with Gasteiger partial charge in [0, 0.05) is 26.2 Å². The Morgan fingerprint density at radius 3 is 2.27 bits per heavy atom. The lowest BCUT2D eigenvalue weighted by Gasteiger charge is -2.21. The molecule has 30 heavy (non-hydrogen) atoms. The first-order chi connectivity index (χ1) is 14.2. The summed E-state index contributed by atoms with van der Waals surface area (Å²) in [5, 5.41) is 0. The molecule has 156 valence electrons. The highest BCUT2D eigenvalue weighted by atomic mass is 32.2. The molecular weight excluding hydrogens is 403 g/mol. The first-order valence-corrected chi connectivity index (χ1v) is 10.8. The molecule has 0 saturated carbocycles. The maximum atomic E-state index is 14.1. The number of sulfonamides is 1. The van der Waals surface area contributed by atoms with Gasteiger partial charge in [-0.2, -0.15) is 0 Å². The van der Waals surface area contributed by atoms with E-state index in [1.54, 1.807) is 19.2 Å². The summed E-state index contributed by atoms with van der Waals surface area (Å²) in [6.45, 7) is 2.38. The molecule has 0 aliphatic carbocycles. The molecule has 0 unspecified atom stereocenters. The van der Waals surface area contributed by atoms with Gasteiger partial charge in [-0.3, -0.25) is 9.10 Å². The van der Waals surface area contributed by atoms with Gasteiger partial charge < -0.3 is 4.90 Å². The molecule has 3 aromatic carbocycles. The molecule has 1 amide bonds. The van der Waals surface area contributed by atoms with Crippen LogP contribution in [0.1, 0.15) is 21.5 Å². The number of benzene rings is 3. The highest BCUT2D eigenvalue weighted by Gasteiger charge is 2.24. The monoisotopic (exact) mass is 426 g/mol. The Bertz CT molecular complexity index is 1160. The number of rotatable bonds is 6. The van der Waals surface area contributed by atoms with E-state index >= 15 is 0 Å². The van der Waals surface area contributed by atoms with Crippen molar-refractivity contribution in [3.05, 3.63) is 95.3 Å². The average Bonchev–Trinajstić information content (AvgIpc) is 2.74. The largest absolute Gasteiger partial charge is 0.337 e. The predicted octanol–water partition coefficient (Wildman–Crippen LogP) is 4.23. The van der Waals surface area contributed by atoms with Crippen LogP contribution in [0.4, 0.5) is 10.1 Å². The molecule has 0 bridgehead atoms. The summed E-state index contributed by atoms with van der Waals surface area (Å²) >= 11 is 0. The van der Waals surface area contributed by atoms with Gasteiger partial charge >= 0.3 is 0 Å². The molecule has 0 saturated heterocycles. The highest BCUT2D eigenvalue weighted by molar-refractivity contribution is 7.92. The summed E-state index contributed by atoms with van der Waals surface area (Å²) in [7, 11) is -1.09. The third kappa shape index (κ3) is 4.52. The second-order valence-corrected chi connectivity index (χ2v) is 9.07. The fourth-order valence-electron chi connectivity index (χ4n) is 3.04. The lowest BCUT2D eigenvalue weighted by molar-refractivity contribution is 0.0785. The van der Waals surface area contributed by atoms with Crippen LogP contribution in [0.5, 0.6) is 0 Å². The summed E-state index contributed by atoms with van der Waals surface area (Å²) in [5.41, 5.74) is 2.28. The van der Waals surface area contributed by atoms with Crippen LogP contribution in [0.25, 0.3) is 0 Å². The predicted molar refractivity (Wildman–Crippen MR) is 115 cm³/mol. The Morgan fingerprint density at radius 1 is 0.933 bits per heavy atom. The summed E-state index contributed by atoms with van der Waals surface area (Å²) in [4.78, 5) is 14.3. The molecule has 0 aromatic heterocycles. The van der Waals surface area contributed by atoms with Crippen LogP contribution >= 0.6 is 0 Å². The minimum atomic E-state index is -4.04. The lowest BCUT2D eigenvalue weighted by Crippen LogP contribution is -2.29. The van der Waals surface area contributed by atoms with Gasteiger partial charge in [0.1, 0.15) is 5.82 Å². The number of carbonyl (C=O) groups excluding carboxylic acids is 1. The van der Waals surface area contributed by atoms with Crippen molar-refractivity contribution < 1.29 is 17.6 Å². The van der Waals surface area contributed by atoms with Crippen molar-refractivity contribution in [2.45, 2.75) is 18.4 Å². The van der Waals surface area contributed by atoms with E-state index in [2.05, 4.69) is 0 Å². The first kappa shape index (κ1) is 21.5. The van der Waals surface area contributed by atoms with Crippen molar-refractivity contribution in [1.82, 2.24) is 4.90 Å². The van der Waals surface area contributed by atoms with Crippen LogP contribution in [0.2, 0.25) is 0 Å².